The second-order valence-electron chi connectivity index (χ2n) is 4.61. The Morgan fingerprint density at radius 1 is 1.15 bits per heavy atom. The highest BCUT2D eigenvalue weighted by Gasteiger charge is 2.14. The zero-order chi connectivity index (χ0) is 14.5. The predicted octanol–water partition coefficient (Wildman–Crippen LogP) is 5.33. The molecule has 0 saturated heterocycles. The molecule has 2 rings (SSSR count). The van der Waals surface area contributed by atoms with Gasteiger partial charge in [0.15, 0.2) is 0 Å². The van der Waals surface area contributed by atoms with Crippen LogP contribution in [0.1, 0.15) is 30.5 Å². The lowest BCUT2D eigenvalue weighted by Crippen LogP contribution is -2.23. The van der Waals surface area contributed by atoms with Crippen molar-refractivity contribution in [3.05, 3.63) is 68.9 Å². The molecule has 0 heterocycles. The van der Waals surface area contributed by atoms with Crippen molar-refractivity contribution in [1.82, 2.24) is 5.32 Å². The van der Waals surface area contributed by atoms with Gasteiger partial charge in [0.1, 0.15) is 5.82 Å². The Kier molecular flexibility index (Phi) is 5.58. The van der Waals surface area contributed by atoms with Gasteiger partial charge < -0.3 is 5.32 Å². The molecule has 0 aromatic heterocycles. The number of nitrogens with one attached hydrogen (secondary N) is 1. The first-order chi connectivity index (χ1) is 9.61. The van der Waals surface area contributed by atoms with Crippen LogP contribution in [0.3, 0.4) is 0 Å². The van der Waals surface area contributed by atoms with E-state index >= 15 is 0 Å². The van der Waals surface area contributed by atoms with Crippen LogP contribution in [0.2, 0.25) is 5.02 Å². The molecule has 0 radical (unpaired) electrons. The van der Waals surface area contributed by atoms with E-state index in [1.54, 1.807) is 0 Å². The van der Waals surface area contributed by atoms with Gasteiger partial charge in [-0.2, -0.15) is 0 Å². The van der Waals surface area contributed by atoms with Crippen LogP contribution < -0.4 is 5.32 Å². The Morgan fingerprint density at radius 3 is 2.40 bits per heavy atom. The lowest BCUT2D eigenvalue weighted by atomic mass is 9.98. The van der Waals surface area contributed by atoms with Crippen molar-refractivity contribution < 1.29 is 4.39 Å². The van der Waals surface area contributed by atoms with E-state index in [1.165, 1.54) is 12.1 Å². The first-order valence-corrected chi connectivity index (χ1v) is 7.72. The molecule has 1 nitrogen and oxygen atoms in total. The van der Waals surface area contributed by atoms with Gasteiger partial charge in [-0.3, -0.25) is 0 Å². The third kappa shape index (κ3) is 3.81. The van der Waals surface area contributed by atoms with Crippen molar-refractivity contribution in [2.24, 2.45) is 0 Å². The first kappa shape index (κ1) is 15.5. The number of halogens is 3. The second-order valence-corrected chi connectivity index (χ2v) is 5.87. The van der Waals surface area contributed by atoms with Gasteiger partial charge in [0, 0.05) is 4.47 Å². The van der Waals surface area contributed by atoms with Crippen LogP contribution >= 0.6 is 27.5 Å². The standard InChI is InChI=1S/C16H16BrClFN/c1-2-9-20-16(11-3-6-13(19)7-4-11)12-5-8-15(18)14(17)10-12/h3-8,10,16,20H,2,9H2,1H3. The Balaban J connectivity index is 2.35. The Labute approximate surface area is 132 Å². The number of hydrogen-bond donors (Lipinski definition) is 1. The van der Waals surface area contributed by atoms with Crippen LogP contribution in [0.5, 0.6) is 0 Å². The summed E-state index contributed by atoms with van der Waals surface area (Å²) in [7, 11) is 0. The summed E-state index contributed by atoms with van der Waals surface area (Å²) in [6, 6.07) is 12.5. The maximum atomic E-state index is 13.1. The quantitative estimate of drug-likeness (QED) is 0.763. The Morgan fingerprint density at radius 2 is 1.80 bits per heavy atom. The zero-order valence-corrected chi connectivity index (χ0v) is 13.5. The van der Waals surface area contributed by atoms with E-state index in [4.69, 9.17) is 11.6 Å². The maximum Gasteiger partial charge on any atom is 0.123 e. The lowest BCUT2D eigenvalue weighted by Gasteiger charge is -2.20. The van der Waals surface area contributed by atoms with Crippen molar-refractivity contribution in [3.8, 4) is 0 Å². The van der Waals surface area contributed by atoms with Gasteiger partial charge in [0.05, 0.1) is 11.1 Å². The van der Waals surface area contributed by atoms with E-state index in [9.17, 15) is 4.39 Å². The van der Waals surface area contributed by atoms with Gasteiger partial charge in [0.25, 0.3) is 0 Å². The highest BCUT2D eigenvalue weighted by atomic mass is 79.9. The van der Waals surface area contributed by atoms with E-state index in [0.29, 0.717) is 5.02 Å². The van der Waals surface area contributed by atoms with Gasteiger partial charge >= 0.3 is 0 Å². The fraction of sp³-hybridized carbons (Fsp3) is 0.250. The van der Waals surface area contributed by atoms with Crippen LogP contribution in [0, 0.1) is 5.82 Å². The summed E-state index contributed by atoms with van der Waals surface area (Å²) in [4.78, 5) is 0. The van der Waals surface area contributed by atoms with Gasteiger partial charge in [-0.15, -0.1) is 0 Å². The lowest BCUT2D eigenvalue weighted by molar-refractivity contribution is 0.593. The molecular weight excluding hydrogens is 341 g/mol. The Bertz CT molecular complexity index is 571. The fourth-order valence-corrected chi connectivity index (χ4v) is 2.58. The average Bonchev–Trinajstić information content (AvgIpc) is 2.45. The predicted molar refractivity (Wildman–Crippen MR) is 85.7 cm³/mol. The van der Waals surface area contributed by atoms with Crippen molar-refractivity contribution in [2.45, 2.75) is 19.4 Å². The molecule has 0 bridgehead atoms. The summed E-state index contributed by atoms with van der Waals surface area (Å²) in [5.74, 6) is -0.222. The monoisotopic (exact) mass is 355 g/mol. The highest BCUT2D eigenvalue weighted by Crippen LogP contribution is 2.29. The van der Waals surface area contributed by atoms with Crippen LogP contribution in [0.4, 0.5) is 4.39 Å². The minimum absolute atomic E-state index is 0.0316. The van der Waals surface area contributed by atoms with Crippen molar-refractivity contribution in [3.63, 3.8) is 0 Å². The molecule has 0 saturated carbocycles. The molecule has 0 fully saturated rings. The van der Waals surface area contributed by atoms with Crippen LogP contribution in [-0.4, -0.2) is 6.54 Å². The van der Waals surface area contributed by atoms with E-state index in [1.807, 2.05) is 30.3 Å². The Hall–Kier alpha value is -0.900. The maximum absolute atomic E-state index is 13.1. The molecule has 106 valence electrons. The topological polar surface area (TPSA) is 12.0 Å². The molecule has 0 amide bonds. The molecule has 2 aromatic carbocycles. The van der Waals surface area contributed by atoms with E-state index in [0.717, 1.165) is 28.6 Å². The highest BCUT2D eigenvalue weighted by molar-refractivity contribution is 9.10. The summed E-state index contributed by atoms with van der Waals surface area (Å²) in [5, 5.41) is 4.16. The van der Waals surface area contributed by atoms with Crippen molar-refractivity contribution >= 4 is 27.5 Å². The molecule has 4 heteroatoms. The summed E-state index contributed by atoms with van der Waals surface area (Å²) in [5.41, 5.74) is 2.13. The minimum Gasteiger partial charge on any atom is -0.306 e. The second kappa shape index (κ2) is 7.21. The molecule has 1 N–H and O–H groups in total. The molecule has 0 aliphatic heterocycles. The van der Waals surface area contributed by atoms with Crippen molar-refractivity contribution in [2.75, 3.05) is 6.54 Å². The summed E-state index contributed by atoms with van der Waals surface area (Å²) in [6.07, 6.45) is 1.03. The smallest absolute Gasteiger partial charge is 0.123 e. The van der Waals surface area contributed by atoms with Gasteiger partial charge in [-0.1, -0.05) is 36.7 Å². The van der Waals surface area contributed by atoms with E-state index < -0.39 is 0 Å². The van der Waals surface area contributed by atoms with Crippen LogP contribution in [-0.2, 0) is 0 Å². The fourth-order valence-electron chi connectivity index (χ4n) is 2.06. The molecule has 1 unspecified atom stereocenters. The summed E-state index contributed by atoms with van der Waals surface area (Å²) >= 11 is 9.49. The molecular formula is C16H16BrClFN. The third-order valence-corrected chi connectivity index (χ3v) is 4.29. The molecule has 20 heavy (non-hydrogen) atoms. The summed E-state index contributed by atoms with van der Waals surface area (Å²) in [6.45, 7) is 3.01. The summed E-state index contributed by atoms with van der Waals surface area (Å²) < 4.78 is 13.9. The van der Waals surface area contributed by atoms with Gasteiger partial charge in [-0.25, -0.2) is 4.39 Å². The molecule has 0 spiro atoms. The van der Waals surface area contributed by atoms with Crippen molar-refractivity contribution in [1.29, 1.82) is 0 Å². The molecule has 0 aliphatic rings. The molecule has 1 atom stereocenters. The minimum atomic E-state index is -0.222. The van der Waals surface area contributed by atoms with E-state index in [2.05, 4.69) is 28.2 Å². The number of benzene rings is 2. The van der Waals surface area contributed by atoms with E-state index in [-0.39, 0.29) is 11.9 Å². The third-order valence-electron chi connectivity index (χ3n) is 3.08. The SMILES string of the molecule is CCCNC(c1ccc(F)cc1)c1ccc(Cl)c(Br)c1. The van der Waals surface area contributed by atoms with Crippen LogP contribution in [0.25, 0.3) is 0 Å². The van der Waals surface area contributed by atoms with Gasteiger partial charge in [-0.05, 0) is 64.3 Å². The molecule has 2 aromatic rings. The van der Waals surface area contributed by atoms with Gasteiger partial charge in [0.2, 0.25) is 0 Å². The molecule has 0 aliphatic carbocycles. The normalized spacial score (nSPS) is 12.4. The number of rotatable bonds is 5. The number of hydrogen-bond acceptors (Lipinski definition) is 1. The van der Waals surface area contributed by atoms with Crippen LogP contribution in [0.15, 0.2) is 46.9 Å². The largest absolute Gasteiger partial charge is 0.306 e. The average molecular weight is 357 g/mol. The zero-order valence-electron chi connectivity index (χ0n) is 11.2. The first-order valence-electron chi connectivity index (χ1n) is 6.55.